The number of nitrogens with zero attached hydrogens (tertiary/aromatic N) is 1. The Morgan fingerprint density at radius 2 is 2.12 bits per heavy atom. The van der Waals surface area contributed by atoms with Crippen LogP contribution in [-0.2, 0) is 6.42 Å². The Morgan fingerprint density at radius 1 is 1.47 bits per heavy atom. The van der Waals surface area contributed by atoms with Crippen molar-refractivity contribution in [2.45, 2.75) is 18.6 Å². The first-order chi connectivity index (χ1) is 7.90. The highest BCUT2D eigenvalue weighted by molar-refractivity contribution is 5.40. The Morgan fingerprint density at radius 3 is 2.59 bits per heavy atom. The van der Waals surface area contributed by atoms with Crippen LogP contribution >= 0.6 is 0 Å². The standard InChI is InChI=1S/C11H11F3N2O/c1-17-9-3-2-8(6-7(9)4-5-15)10(16)11(12,13)14/h2-3,6,10H,4,16H2,1H3/t10-/m1/s1. The van der Waals surface area contributed by atoms with Gasteiger partial charge in [0.1, 0.15) is 11.8 Å². The molecule has 0 amide bonds. The molecule has 0 spiro atoms. The van der Waals surface area contributed by atoms with E-state index in [-0.39, 0.29) is 12.0 Å². The van der Waals surface area contributed by atoms with Gasteiger partial charge in [-0.1, -0.05) is 6.07 Å². The summed E-state index contributed by atoms with van der Waals surface area (Å²) in [5.74, 6) is 0.379. The molecule has 0 fully saturated rings. The largest absolute Gasteiger partial charge is 0.496 e. The zero-order valence-electron chi connectivity index (χ0n) is 9.08. The van der Waals surface area contributed by atoms with E-state index in [9.17, 15) is 13.2 Å². The number of ether oxygens (including phenoxy) is 1. The molecule has 3 nitrogen and oxygen atoms in total. The minimum atomic E-state index is -4.50. The van der Waals surface area contributed by atoms with Gasteiger partial charge < -0.3 is 10.5 Å². The Kier molecular flexibility index (Phi) is 3.97. The second kappa shape index (κ2) is 5.06. The summed E-state index contributed by atoms with van der Waals surface area (Å²) in [7, 11) is 1.39. The molecular formula is C11H11F3N2O. The summed E-state index contributed by atoms with van der Waals surface area (Å²) in [6.45, 7) is 0. The lowest BCUT2D eigenvalue weighted by molar-refractivity contribution is -0.149. The summed E-state index contributed by atoms with van der Waals surface area (Å²) in [4.78, 5) is 0. The van der Waals surface area contributed by atoms with Crippen LogP contribution in [0.2, 0.25) is 0 Å². The second-order valence-electron chi connectivity index (χ2n) is 3.43. The fourth-order valence-corrected chi connectivity index (χ4v) is 1.40. The molecule has 1 aromatic carbocycles. The van der Waals surface area contributed by atoms with Crippen LogP contribution in [0.3, 0.4) is 0 Å². The van der Waals surface area contributed by atoms with Crippen molar-refractivity contribution in [2.75, 3.05) is 7.11 Å². The molecule has 17 heavy (non-hydrogen) atoms. The Bertz CT molecular complexity index is 437. The van der Waals surface area contributed by atoms with E-state index >= 15 is 0 Å². The van der Waals surface area contributed by atoms with Crippen molar-refractivity contribution in [1.29, 1.82) is 5.26 Å². The van der Waals surface area contributed by atoms with Crippen molar-refractivity contribution in [2.24, 2.45) is 5.73 Å². The van der Waals surface area contributed by atoms with Crippen LogP contribution in [0.1, 0.15) is 17.2 Å². The number of alkyl halides is 3. The molecule has 0 bridgehead atoms. The molecule has 0 aromatic heterocycles. The fourth-order valence-electron chi connectivity index (χ4n) is 1.40. The molecule has 0 heterocycles. The Hall–Kier alpha value is -1.74. The van der Waals surface area contributed by atoms with Gasteiger partial charge in [-0.25, -0.2) is 0 Å². The number of methoxy groups -OCH3 is 1. The molecule has 1 atom stereocenters. The second-order valence-corrected chi connectivity index (χ2v) is 3.43. The van der Waals surface area contributed by atoms with Crippen molar-refractivity contribution >= 4 is 0 Å². The van der Waals surface area contributed by atoms with Gasteiger partial charge in [0, 0.05) is 5.56 Å². The van der Waals surface area contributed by atoms with Crippen LogP contribution in [0.25, 0.3) is 0 Å². The van der Waals surface area contributed by atoms with Gasteiger partial charge in [0.15, 0.2) is 0 Å². The van der Waals surface area contributed by atoms with E-state index in [1.54, 1.807) is 0 Å². The summed E-state index contributed by atoms with van der Waals surface area (Å²) in [5.41, 5.74) is 5.40. The summed E-state index contributed by atoms with van der Waals surface area (Å²) < 4.78 is 42.2. The molecule has 0 saturated carbocycles. The molecule has 6 heteroatoms. The highest BCUT2D eigenvalue weighted by atomic mass is 19.4. The highest BCUT2D eigenvalue weighted by Crippen LogP contribution is 2.32. The third kappa shape index (κ3) is 3.11. The van der Waals surface area contributed by atoms with E-state index in [1.807, 2.05) is 6.07 Å². The minimum absolute atomic E-state index is 0.0262. The molecule has 0 unspecified atom stereocenters. The average molecular weight is 244 g/mol. The third-order valence-corrected chi connectivity index (χ3v) is 2.29. The molecule has 0 aliphatic rings. The van der Waals surface area contributed by atoms with E-state index < -0.39 is 12.2 Å². The van der Waals surface area contributed by atoms with Gasteiger partial charge in [0.05, 0.1) is 19.6 Å². The average Bonchev–Trinajstić information content (AvgIpc) is 2.27. The van der Waals surface area contributed by atoms with Crippen molar-refractivity contribution in [3.8, 4) is 11.8 Å². The number of nitriles is 1. The number of nitrogens with two attached hydrogens (primary N) is 1. The van der Waals surface area contributed by atoms with E-state index in [4.69, 9.17) is 15.7 Å². The van der Waals surface area contributed by atoms with Gasteiger partial charge in [-0.15, -0.1) is 0 Å². The van der Waals surface area contributed by atoms with Crippen molar-refractivity contribution in [3.63, 3.8) is 0 Å². The van der Waals surface area contributed by atoms with Crippen LogP contribution in [0.4, 0.5) is 13.2 Å². The summed E-state index contributed by atoms with van der Waals surface area (Å²) in [5, 5.41) is 8.57. The zero-order valence-corrected chi connectivity index (χ0v) is 9.08. The molecule has 1 aromatic rings. The number of hydrogen-bond donors (Lipinski definition) is 1. The van der Waals surface area contributed by atoms with Crippen LogP contribution in [-0.4, -0.2) is 13.3 Å². The first-order valence-electron chi connectivity index (χ1n) is 4.76. The van der Waals surface area contributed by atoms with Crippen molar-refractivity contribution in [3.05, 3.63) is 29.3 Å². The van der Waals surface area contributed by atoms with Gasteiger partial charge in [0.25, 0.3) is 0 Å². The van der Waals surface area contributed by atoms with Gasteiger partial charge in [-0.3, -0.25) is 0 Å². The lowest BCUT2D eigenvalue weighted by Crippen LogP contribution is -2.28. The van der Waals surface area contributed by atoms with E-state index in [1.165, 1.54) is 25.3 Å². The summed E-state index contributed by atoms with van der Waals surface area (Å²) in [6, 6.07) is 3.69. The van der Waals surface area contributed by atoms with Crippen LogP contribution in [0.5, 0.6) is 5.75 Å². The van der Waals surface area contributed by atoms with E-state index in [0.717, 1.165) is 0 Å². The van der Waals surface area contributed by atoms with Gasteiger partial charge in [0.2, 0.25) is 0 Å². The smallest absolute Gasteiger partial charge is 0.407 e. The first-order valence-corrected chi connectivity index (χ1v) is 4.76. The maximum absolute atomic E-state index is 12.4. The Labute approximate surface area is 96.6 Å². The van der Waals surface area contributed by atoms with Crippen molar-refractivity contribution < 1.29 is 17.9 Å². The number of benzene rings is 1. The minimum Gasteiger partial charge on any atom is -0.496 e. The van der Waals surface area contributed by atoms with Crippen LogP contribution in [0.15, 0.2) is 18.2 Å². The third-order valence-electron chi connectivity index (χ3n) is 2.29. The molecule has 0 saturated heterocycles. The normalized spacial score (nSPS) is 12.9. The topological polar surface area (TPSA) is 59.0 Å². The molecule has 1 rings (SSSR count). The lowest BCUT2D eigenvalue weighted by atomic mass is 10.0. The quantitative estimate of drug-likeness (QED) is 0.887. The molecule has 0 radical (unpaired) electrons. The number of halogens is 3. The van der Waals surface area contributed by atoms with Crippen LogP contribution in [0, 0.1) is 11.3 Å². The van der Waals surface area contributed by atoms with Gasteiger partial charge >= 0.3 is 6.18 Å². The monoisotopic (exact) mass is 244 g/mol. The Balaban J connectivity index is 3.13. The van der Waals surface area contributed by atoms with Crippen molar-refractivity contribution in [1.82, 2.24) is 0 Å². The maximum Gasteiger partial charge on any atom is 0.407 e. The van der Waals surface area contributed by atoms with E-state index in [2.05, 4.69) is 0 Å². The SMILES string of the molecule is COc1ccc([C@@H](N)C(F)(F)F)cc1CC#N. The van der Waals surface area contributed by atoms with Gasteiger partial charge in [-0.05, 0) is 17.7 Å². The molecular weight excluding hydrogens is 233 g/mol. The molecule has 2 N–H and O–H groups in total. The number of rotatable bonds is 3. The van der Waals surface area contributed by atoms with Gasteiger partial charge in [-0.2, -0.15) is 18.4 Å². The fraction of sp³-hybridized carbons (Fsp3) is 0.364. The van der Waals surface area contributed by atoms with Crippen LogP contribution < -0.4 is 10.5 Å². The molecule has 0 aliphatic carbocycles. The molecule has 92 valence electrons. The zero-order chi connectivity index (χ0) is 13.1. The lowest BCUT2D eigenvalue weighted by Gasteiger charge is -2.17. The highest BCUT2D eigenvalue weighted by Gasteiger charge is 2.38. The summed E-state index contributed by atoms with van der Waals surface area (Å²) >= 11 is 0. The summed E-state index contributed by atoms with van der Waals surface area (Å²) in [6.07, 6.45) is -4.53. The predicted octanol–water partition coefficient (Wildman–Crippen LogP) is 2.32. The predicted molar refractivity (Wildman–Crippen MR) is 55.3 cm³/mol. The number of hydrogen-bond acceptors (Lipinski definition) is 3. The maximum atomic E-state index is 12.4. The first kappa shape index (κ1) is 13.3. The van der Waals surface area contributed by atoms with E-state index in [0.29, 0.717) is 11.3 Å². The molecule has 0 aliphatic heterocycles.